The number of piperazine rings is 1. The van der Waals surface area contributed by atoms with Gasteiger partial charge in [0.15, 0.2) is 0 Å². The average Bonchev–Trinajstić information content (AvgIpc) is 3.26. The Morgan fingerprint density at radius 2 is 1.63 bits per heavy atom. The minimum atomic E-state index is -3.71. The molecule has 0 spiro atoms. The predicted molar refractivity (Wildman–Crippen MR) is 115 cm³/mol. The lowest BCUT2D eigenvalue weighted by Crippen LogP contribution is -2.50. The molecule has 1 saturated heterocycles. The van der Waals surface area contributed by atoms with Gasteiger partial charge in [-0.3, -0.25) is 4.79 Å². The molecule has 2 aromatic carbocycles. The molecule has 4 rings (SSSR count). The van der Waals surface area contributed by atoms with E-state index in [9.17, 15) is 13.2 Å². The van der Waals surface area contributed by atoms with Crippen LogP contribution in [0, 0.1) is 0 Å². The maximum absolute atomic E-state index is 12.9. The Hall–Kier alpha value is -2.39. The first-order valence-electron chi connectivity index (χ1n) is 9.21. The number of carbonyl (C=O) groups excluding carboxylic acids is 1. The van der Waals surface area contributed by atoms with Crippen molar-refractivity contribution in [3.05, 3.63) is 76.5 Å². The van der Waals surface area contributed by atoms with Crippen LogP contribution < -0.4 is 0 Å². The maximum Gasteiger partial charge on any atom is 0.257 e. The van der Waals surface area contributed by atoms with Crippen LogP contribution in [0.4, 0.5) is 0 Å². The van der Waals surface area contributed by atoms with Gasteiger partial charge in [-0.2, -0.15) is 9.40 Å². The normalized spacial score (nSPS) is 15.3. The molecule has 2 heterocycles. The van der Waals surface area contributed by atoms with Crippen molar-refractivity contribution in [2.45, 2.75) is 4.90 Å². The molecule has 1 aliphatic heterocycles. The highest BCUT2D eigenvalue weighted by molar-refractivity contribution is 7.89. The summed E-state index contributed by atoms with van der Waals surface area (Å²) in [7, 11) is -3.71. The third-order valence-corrected chi connectivity index (χ3v) is 7.54. The van der Waals surface area contributed by atoms with Crippen molar-refractivity contribution in [3.63, 3.8) is 0 Å². The Balaban J connectivity index is 1.43. The Morgan fingerprint density at radius 3 is 2.30 bits per heavy atom. The number of sulfonamides is 1. The number of halogens is 2. The first-order chi connectivity index (χ1) is 14.4. The van der Waals surface area contributed by atoms with E-state index in [1.54, 1.807) is 15.8 Å². The van der Waals surface area contributed by atoms with Crippen LogP contribution in [-0.4, -0.2) is 59.5 Å². The molecule has 1 aromatic heterocycles. The van der Waals surface area contributed by atoms with Crippen LogP contribution in [0.25, 0.3) is 5.69 Å². The summed E-state index contributed by atoms with van der Waals surface area (Å²) >= 11 is 11.8. The van der Waals surface area contributed by atoms with Gasteiger partial charge in [-0.25, -0.2) is 13.1 Å². The van der Waals surface area contributed by atoms with Crippen LogP contribution in [0.2, 0.25) is 10.0 Å². The number of rotatable bonds is 4. The highest BCUT2D eigenvalue weighted by Crippen LogP contribution is 2.27. The number of hydrogen-bond donors (Lipinski definition) is 0. The minimum Gasteiger partial charge on any atom is -0.336 e. The zero-order valence-electron chi connectivity index (χ0n) is 15.8. The lowest BCUT2D eigenvalue weighted by Gasteiger charge is -2.33. The quantitative estimate of drug-likeness (QED) is 0.593. The molecule has 1 fully saturated rings. The number of amides is 1. The summed E-state index contributed by atoms with van der Waals surface area (Å²) in [4.78, 5) is 14.5. The molecule has 1 amide bonds. The summed E-state index contributed by atoms with van der Waals surface area (Å²) < 4.78 is 28.7. The fourth-order valence-electron chi connectivity index (χ4n) is 3.26. The molecule has 0 unspecified atom stereocenters. The molecule has 0 saturated carbocycles. The lowest BCUT2D eigenvalue weighted by atomic mass is 10.2. The molecule has 0 radical (unpaired) electrons. The molecule has 156 valence electrons. The number of para-hydroxylation sites is 1. The van der Waals surface area contributed by atoms with Gasteiger partial charge >= 0.3 is 0 Å². The number of nitrogens with zero attached hydrogens (tertiary/aromatic N) is 4. The Morgan fingerprint density at radius 1 is 0.933 bits per heavy atom. The van der Waals surface area contributed by atoms with E-state index in [0.717, 1.165) is 5.69 Å². The van der Waals surface area contributed by atoms with Crippen molar-refractivity contribution >= 4 is 39.1 Å². The van der Waals surface area contributed by atoms with E-state index >= 15 is 0 Å². The molecule has 0 N–H and O–H groups in total. The van der Waals surface area contributed by atoms with Gasteiger partial charge in [-0.1, -0.05) is 41.4 Å². The number of hydrogen-bond acceptors (Lipinski definition) is 4. The summed E-state index contributed by atoms with van der Waals surface area (Å²) in [5.41, 5.74) is 1.31. The van der Waals surface area contributed by atoms with Crippen LogP contribution in [-0.2, 0) is 10.0 Å². The van der Waals surface area contributed by atoms with Gasteiger partial charge in [0.05, 0.1) is 32.4 Å². The van der Waals surface area contributed by atoms with Crippen molar-refractivity contribution in [1.82, 2.24) is 19.0 Å². The van der Waals surface area contributed by atoms with E-state index in [1.807, 2.05) is 30.3 Å². The molecule has 3 aromatic rings. The van der Waals surface area contributed by atoms with Gasteiger partial charge in [0.2, 0.25) is 10.0 Å². The van der Waals surface area contributed by atoms with Gasteiger partial charge in [0.25, 0.3) is 5.91 Å². The average molecular weight is 465 g/mol. The predicted octanol–water partition coefficient (Wildman–Crippen LogP) is 3.33. The minimum absolute atomic E-state index is 0.0841. The van der Waals surface area contributed by atoms with Crippen molar-refractivity contribution in [1.29, 1.82) is 0 Å². The van der Waals surface area contributed by atoms with E-state index in [2.05, 4.69) is 5.10 Å². The van der Waals surface area contributed by atoms with Crippen LogP contribution in [0.3, 0.4) is 0 Å². The second-order valence-corrected chi connectivity index (χ2v) is 9.53. The smallest absolute Gasteiger partial charge is 0.257 e. The molecule has 7 nitrogen and oxygen atoms in total. The van der Waals surface area contributed by atoms with Crippen LogP contribution in [0.15, 0.2) is 65.8 Å². The largest absolute Gasteiger partial charge is 0.336 e. The fraction of sp³-hybridized carbons (Fsp3) is 0.200. The van der Waals surface area contributed by atoms with Gasteiger partial charge in [0, 0.05) is 32.4 Å². The summed E-state index contributed by atoms with van der Waals surface area (Å²) in [6.45, 7) is 0.966. The maximum atomic E-state index is 12.9. The lowest BCUT2D eigenvalue weighted by molar-refractivity contribution is 0.0698. The molecular formula is C20H18Cl2N4O3S. The third kappa shape index (κ3) is 4.09. The van der Waals surface area contributed by atoms with Crippen molar-refractivity contribution < 1.29 is 13.2 Å². The summed E-state index contributed by atoms with van der Waals surface area (Å²) in [5, 5.41) is 4.73. The fourth-order valence-corrected chi connectivity index (χ4v) is 5.07. The zero-order valence-corrected chi connectivity index (χ0v) is 18.1. The summed E-state index contributed by atoms with van der Waals surface area (Å²) in [6, 6.07) is 13.7. The second kappa shape index (κ2) is 8.39. The molecule has 0 bridgehead atoms. The Labute approximate surface area is 184 Å². The van der Waals surface area contributed by atoms with Crippen molar-refractivity contribution in [2.75, 3.05) is 26.2 Å². The third-order valence-electron chi connectivity index (χ3n) is 4.90. The highest BCUT2D eigenvalue weighted by Gasteiger charge is 2.31. The second-order valence-electron chi connectivity index (χ2n) is 6.78. The van der Waals surface area contributed by atoms with Crippen molar-refractivity contribution in [2.24, 2.45) is 0 Å². The molecule has 0 aliphatic carbocycles. The Kier molecular flexibility index (Phi) is 5.84. The monoisotopic (exact) mass is 464 g/mol. The zero-order chi connectivity index (χ0) is 21.3. The highest BCUT2D eigenvalue weighted by atomic mass is 35.5. The van der Waals surface area contributed by atoms with Gasteiger partial charge in [-0.05, 0) is 30.3 Å². The molecular weight excluding hydrogens is 447 g/mol. The summed E-state index contributed by atoms with van der Waals surface area (Å²) in [5.74, 6) is -0.177. The number of carbonyl (C=O) groups is 1. The van der Waals surface area contributed by atoms with E-state index < -0.39 is 10.0 Å². The molecule has 30 heavy (non-hydrogen) atoms. The van der Waals surface area contributed by atoms with Crippen LogP contribution in [0.1, 0.15) is 10.4 Å². The van der Waals surface area contributed by atoms with E-state index in [4.69, 9.17) is 23.2 Å². The topological polar surface area (TPSA) is 75.5 Å². The van der Waals surface area contributed by atoms with Gasteiger partial charge in [-0.15, -0.1) is 0 Å². The van der Waals surface area contributed by atoms with Gasteiger partial charge < -0.3 is 4.90 Å². The van der Waals surface area contributed by atoms with Crippen LogP contribution in [0.5, 0.6) is 0 Å². The van der Waals surface area contributed by atoms with E-state index in [-0.39, 0.29) is 42.0 Å². The number of aromatic nitrogens is 2. The van der Waals surface area contributed by atoms with Crippen LogP contribution >= 0.6 is 23.2 Å². The van der Waals surface area contributed by atoms with Crippen molar-refractivity contribution in [3.8, 4) is 5.69 Å². The van der Waals surface area contributed by atoms with Gasteiger partial charge in [0.1, 0.15) is 0 Å². The standard InChI is InChI=1S/C20H18Cl2N4O3S/c21-18-7-6-17(12-19(18)22)30(28,29)25-10-8-24(9-11-25)20(27)15-13-23-26(14-15)16-4-2-1-3-5-16/h1-7,12-14H,8-11H2. The van der Waals surface area contributed by atoms with E-state index in [1.165, 1.54) is 28.7 Å². The molecule has 0 atom stereocenters. The molecule has 1 aliphatic rings. The Bertz CT molecular complexity index is 1170. The van der Waals surface area contributed by atoms with E-state index in [0.29, 0.717) is 10.6 Å². The molecule has 10 heteroatoms. The first kappa shape index (κ1) is 20.9. The first-order valence-corrected chi connectivity index (χ1v) is 11.4. The SMILES string of the molecule is O=C(c1cnn(-c2ccccc2)c1)N1CCN(S(=O)(=O)c2ccc(Cl)c(Cl)c2)CC1. The summed E-state index contributed by atoms with van der Waals surface area (Å²) in [6.07, 6.45) is 3.20. The number of benzene rings is 2.